The van der Waals surface area contributed by atoms with Crippen LogP contribution in [0.2, 0.25) is 0 Å². The molecular weight excluding hydrogens is 283 g/mol. The highest BCUT2D eigenvalue weighted by Gasteiger charge is 2.15. The lowest BCUT2D eigenvalue weighted by atomic mass is 10.0. The van der Waals surface area contributed by atoms with Gasteiger partial charge in [-0.05, 0) is 35.4 Å². The maximum atomic E-state index is 10.7. The summed E-state index contributed by atoms with van der Waals surface area (Å²) in [5, 5.41) is 8.80. The number of phosphoric acid groups is 1. The Labute approximate surface area is 114 Å². The lowest BCUT2D eigenvalue weighted by Gasteiger charge is -2.07. The highest BCUT2D eigenvalue weighted by atomic mass is 31.2. The van der Waals surface area contributed by atoms with Crippen molar-refractivity contribution in [2.24, 2.45) is 0 Å². The molecular formula is C13H11O6P. The second-order valence-corrected chi connectivity index (χ2v) is 5.15. The minimum absolute atomic E-state index is 0.0595. The Bertz CT molecular complexity index is 656. The smallest absolute Gasteiger partial charge is 0.478 e. The molecule has 2 rings (SSSR count). The molecule has 0 aliphatic rings. The lowest BCUT2D eigenvalue weighted by molar-refractivity contribution is 0.0697. The van der Waals surface area contributed by atoms with E-state index in [1.165, 1.54) is 24.3 Å². The molecule has 3 N–H and O–H groups in total. The normalized spacial score (nSPS) is 11.1. The SMILES string of the molecule is O=C(O)c1ccc(-c2ccc(OP(=O)(O)O)cc2)cc1. The quantitative estimate of drug-likeness (QED) is 0.748. The molecule has 2 aromatic carbocycles. The number of hydrogen-bond donors (Lipinski definition) is 3. The summed E-state index contributed by atoms with van der Waals surface area (Å²) in [4.78, 5) is 28.1. The minimum Gasteiger partial charge on any atom is -0.478 e. The predicted octanol–water partition coefficient (Wildman–Crippen LogP) is 2.52. The first-order valence-corrected chi connectivity index (χ1v) is 7.07. The fraction of sp³-hybridized carbons (Fsp3) is 0. The van der Waals surface area contributed by atoms with E-state index in [1.807, 2.05) is 0 Å². The van der Waals surface area contributed by atoms with E-state index in [9.17, 15) is 9.36 Å². The molecule has 0 aromatic heterocycles. The molecule has 0 saturated carbocycles. The average Bonchev–Trinajstić information content (AvgIpc) is 2.38. The zero-order valence-corrected chi connectivity index (χ0v) is 11.0. The second kappa shape index (κ2) is 5.46. The molecule has 0 spiro atoms. The Morgan fingerprint density at radius 3 is 1.75 bits per heavy atom. The van der Waals surface area contributed by atoms with Gasteiger partial charge >= 0.3 is 13.8 Å². The van der Waals surface area contributed by atoms with Crippen LogP contribution in [0, 0.1) is 0 Å². The highest BCUT2D eigenvalue weighted by molar-refractivity contribution is 7.46. The van der Waals surface area contributed by atoms with Crippen molar-refractivity contribution in [1.29, 1.82) is 0 Å². The largest absolute Gasteiger partial charge is 0.524 e. The molecule has 0 amide bonds. The molecule has 0 fully saturated rings. The third kappa shape index (κ3) is 3.68. The van der Waals surface area contributed by atoms with Crippen LogP contribution in [0.25, 0.3) is 11.1 Å². The van der Waals surface area contributed by atoms with Gasteiger partial charge in [0, 0.05) is 0 Å². The average molecular weight is 294 g/mol. The van der Waals surface area contributed by atoms with Crippen molar-refractivity contribution >= 4 is 13.8 Å². The molecule has 0 aliphatic carbocycles. The van der Waals surface area contributed by atoms with Gasteiger partial charge in [-0.3, -0.25) is 9.79 Å². The summed E-state index contributed by atoms with van der Waals surface area (Å²) >= 11 is 0. The lowest BCUT2D eigenvalue weighted by Crippen LogP contribution is -1.95. The van der Waals surface area contributed by atoms with E-state index in [4.69, 9.17) is 14.9 Å². The van der Waals surface area contributed by atoms with Gasteiger partial charge in [-0.15, -0.1) is 0 Å². The summed E-state index contributed by atoms with van der Waals surface area (Å²) in [5.41, 5.74) is 1.76. The summed E-state index contributed by atoms with van der Waals surface area (Å²) in [6.45, 7) is 0. The van der Waals surface area contributed by atoms with Crippen LogP contribution in [0.3, 0.4) is 0 Å². The molecule has 104 valence electrons. The number of hydrogen-bond acceptors (Lipinski definition) is 3. The summed E-state index contributed by atoms with van der Waals surface area (Å²) in [6, 6.07) is 12.4. The summed E-state index contributed by atoms with van der Waals surface area (Å²) in [6.07, 6.45) is 0. The minimum atomic E-state index is -4.56. The Kier molecular flexibility index (Phi) is 3.90. The summed E-state index contributed by atoms with van der Waals surface area (Å²) < 4.78 is 15.1. The van der Waals surface area contributed by atoms with Gasteiger partial charge < -0.3 is 9.63 Å². The first-order valence-electron chi connectivity index (χ1n) is 5.54. The van der Waals surface area contributed by atoms with Gasteiger partial charge in [-0.25, -0.2) is 9.36 Å². The van der Waals surface area contributed by atoms with Crippen molar-refractivity contribution in [1.82, 2.24) is 0 Å². The van der Waals surface area contributed by atoms with Crippen LogP contribution < -0.4 is 4.52 Å². The number of aromatic carboxylic acids is 1. The van der Waals surface area contributed by atoms with E-state index in [0.29, 0.717) is 0 Å². The zero-order valence-electron chi connectivity index (χ0n) is 10.1. The number of carbonyl (C=O) groups is 1. The predicted molar refractivity (Wildman–Crippen MR) is 71.5 cm³/mol. The number of carboxylic acid groups (broad SMARTS) is 1. The fourth-order valence-electron chi connectivity index (χ4n) is 1.65. The third-order valence-electron chi connectivity index (χ3n) is 2.54. The van der Waals surface area contributed by atoms with Crippen LogP contribution in [-0.2, 0) is 4.57 Å². The van der Waals surface area contributed by atoms with Crippen LogP contribution in [0.4, 0.5) is 0 Å². The molecule has 2 aromatic rings. The van der Waals surface area contributed by atoms with E-state index in [0.717, 1.165) is 11.1 Å². The third-order valence-corrected chi connectivity index (χ3v) is 2.99. The molecule has 0 radical (unpaired) electrons. The van der Waals surface area contributed by atoms with Gasteiger partial charge in [0.1, 0.15) is 5.75 Å². The summed E-state index contributed by atoms with van der Waals surface area (Å²) in [5.74, 6) is -0.939. The van der Waals surface area contributed by atoms with Gasteiger partial charge in [-0.2, -0.15) is 0 Å². The molecule has 6 nitrogen and oxygen atoms in total. The van der Waals surface area contributed by atoms with Gasteiger partial charge in [0.15, 0.2) is 0 Å². The molecule has 0 aliphatic heterocycles. The molecule has 0 heterocycles. The number of benzene rings is 2. The molecule has 0 unspecified atom stereocenters. The van der Waals surface area contributed by atoms with Gasteiger partial charge in [0.2, 0.25) is 0 Å². The first kappa shape index (κ1) is 14.3. The Morgan fingerprint density at radius 1 is 0.900 bits per heavy atom. The zero-order chi connectivity index (χ0) is 14.8. The van der Waals surface area contributed by atoms with Crippen LogP contribution in [-0.4, -0.2) is 20.9 Å². The van der Waals surface area contributed by atoms with Crippen molar-refractivity contribution in [2.45, 2.75) is 0 Å². The summed E-state index contributed by atoms with van der Waals surface area (Å²) in [7, 11) is -4.56. The van der Waals surface area contributed by atoms with Gasteiger partial charge in [-0.1, -0.05) is 24.3 Å². The van der Waals surface area contributed by atoms with Crippen LogP contribution in [0.1, 0.15) is 10.4 Å². The Hall–Kier alpha value is -2.14. The van der Waals surface area contributed by atoms with E-state index >= 15 is 0 Å². The van der Waals surface area contributed by atoms with Crippen LogP contribution in [0.15, 0.2) is 48.5 Å². The Morgan fingerprint density at radius 2 is 1.35 bits per heavy atom. The second-order valence-electron chi connectivity index (χ2n) is 3.99. The van der Waals surface area contributed by atoms with E-state index < -0.39 is 13.8 Å². The monoisotopic (exact) mass is 294 g/mol. The Balaban J connectivity index is 2.21. The molecule has 0 bridgehead atoms. The van der Waals surface area contributed by atoms with E-state index in [-0.39, 0.29) is 11.3 Å². The first-order chi connectivity index (χ1) is 9.35. The van der Waals surface area contributed by atoms with E-state index in [2.05, 4.69) is 4.52 Å². The van der Waals surface area contributed by atoms with Gasteiger partial charge in [0.05, 0.1) is 5.56 Å². The van der Waals surface area contributed by atoms with Gasteiger partial charge in [0.25, 0.3) is 0 Å². The maximum absolute atomic E-state index is 10.7. The van der Waals surface area contributed by atoms with Crippen molar-refractivity contribution in [3.8, 4) is 16.9 Å². The number of phosphoric ester groups is 1. The van der Waals surface area contributed by atoms with Crippen LogP contribution in [0.5, 0.6) is 5.75 Å². The molecule has 0 saturated heterocycles. The maximum Gasteiger partial charge on any atom is 0.524 e. The standard InChI is InChI=1S/C13H11O6P/c14-13(15)11-3-1-9(2-4-11)10-5-7-12(8-6-10)19-20(16,17)18/h1-8H,(H,14,15)(H2,16,17,18). The van der Waals surface area contributed by atoms with Crippen molar-refractivity contribution < 1.29 is 28.8 Å². The van der Waals surface area contributed by atoms with E-state index in [1.54, 1.807) is 24.3 Å². The number of carboxylic acids is 1. The van der Waals surface area contributed by atoms with Crippen molar-refractivity contribution in [3.63, 3.8) is 0 Å². The fourth-order valence-corrected chi connectivity index (χ4v) is 2.05. The molecule has 0 atom stereocenters. The van der Waals surface area contributed by atoms with Crippen molar-refractivity contribution in [3.05, 3.63) is 54.1 Å². The molecule has 20 heavy (non-hydrogen) atoms. The van der Waals surface area contributed by atoms with Crippen molar-refractivity contribution in [2.75, 3.05) is 0 Å². The van der Waals surface area contributed by atoms with Crippen LogP contribution >= 0.6 is 7.82 Å². The highest BCUT2D eigenvalue weighted by Crippen LogP contribution is 2.37. The topological polar surface area (TPSA) is 104 Å². The number of rotatable bonds is 4. The molecule has 7 heteroatoms.